The van der Waals surface area contributed by atoms with Gasteiger partial charge in [0.1, 0.15) is 0 Å². The van der Waals surface area contributed by atoms with E-state index in [1.54, 1.807) is 13.0 Å². The van der Waals surface area contributed by atoms with Crippen LogP contribution in [0.3, 0.4) is 0 Å². The Balaban J connectivity index is 2.43. The molecule has 16 heavy (non-hydrogen) atoms. The lowest BCUT2D eigenvalue weighted by atomic mass is 10.1. The van der Waals surface area contributed by atoms with Crippen LogP contribution in [0.1, 0.15) is 22.2 Å². The number of carbonyl (C=O) groups excluding carboxylic acids is 1. The second-order valence-corrected chi connectivity index (χ2v) is 4.50. The lowest BCUT2D eigenvalue weighted by molar-refractivity contribution is 0.102. The molecule has 3 heteroatoms. The molecule has 0 saturated carbocycles. The molecule has 0 unspecified atom stereocenters. The van der Waals surface area contributed by atoms with Crippen LogP contribution in [0.25, 0.3) is 10.4 Å². The number of nitriles is 1. The van der Waals surface area contributed by atoms with E-state index in [1.165, 1.54) is 11.3 Å². The smallest absolute Gasteiger partial charge is 0.169 e. The molecular formula is C13H9NOS. The van der Waals surface area contributed by atoms with Crippen molar-refractivity contribution >= 4 is 17.1 Å². The van der Waals surface area contributed by atoms with Gasteiger partial charge in [0.05, 0.1) is 16.5 Å². The Labute approximate surface area is 97.8 Å². The molecule has 0 aliphatic heterocycles. The summed E-state index contributed by atoms with van der Waals surface area (Å²) in [6, 6.07) is 13.2. The van der Waals surface area contributed by atoms with Crippen LogP contribution in [0.2, 0.25) is 0 Å². The fourth-order valence-electron chi connectivity index (χ4n) is 1.42. The highest BCUT2D eigenvalue weighted by Gasteiger charge is 2.06. The predicted octanol–water partition coefficient (Wildman–Crippen LogP) is 3.49. The van der Waals surface area contributed by atoms with E-state index in [2.05, 4.69) is 6.07 Å². The molecule has 0 aliphatic carbocycles. The number of thiophene rings is 1. The van der Waals surface area contributed by atoms with Crippen molar-refractivity contribution in [3.8, 4) is 16.5 Å². The van der Waals surface area contributed by atoms with Crippen molar-refractivity contribution in [2.24, 2.45) is 0 Å². The van der Waals surface area contributed by atoms with E-state index in [0.29, 0.717) is 5.56 Å². The second kappa shape index (κ2) is 4.30. The summed E-state index contributed by atoms with van der Waals surface area (Å²) in [5, 5.41) is 8.80. The first-order valence-corrected chi connectivity index (χ1v) is 5.63. The van der Waals surface area contributed by atoms with Crippen molar-refractivity contribution in [2.75, 3.05) is 0 Å². The van der Waals surface area contributed by atoms with Crippen LogP contribution in [0.4, 0.5) is 0 Å². The van der Waals surface area contributed by atoms with Crippen molar-refractivity contribution in [2.45, 2.75) is 6.92 Å². The number of benzene rings is 1. The molecule has 2 aromatic rings. The van der Waals surface area contributed by atoms with Crippen LogP contribution < -0.4 is 0 Å². The summed E-state index contributed by atoms with van der Waals surface area (Å²) >= 11 is 1.45. The van der Waals surface area contributed by atoms with Gasteiger partial charge in [-0.2, -0.15) is 5.26 Å². The highest BCUT2D eigenvalue weighted by molar-refractivity contribution is 7.17. The minimum atomic E-state index is 0.0766. The highest BCUT2D eigenvalue weighted by atomic mass is 32.1. The Morgan fingerprint density at radius 2 is 2.12 bits per heavy atom. The van der Waals surface area contributed by atoms with Gasteiger partial charge in [-0.1, -0.05) is 12.1 Å². The zero-order chi connectivity index (χ0) is 11.5. The molecule has 0 aliphatic rings. The topological polar surface area (TPSA) is 40.9 Å². The summed E-state index contributed by atoms with van der Waals surface area (Å²) in [5.41, 5.74) is 1.62. The number of hydrogen-bond donors (Lipinski definition) is 0. The zero-order valence-electron chi connectivity index (χ0n) is 8.73. The third-order valence-corrected chi connectivity index (χ3v) is 3.46. The lowest BCUT2D eigenvalue weighted by Gasteiger charge is -1.96. The van der Waals surface area contributed by atoms with Gasteiger partial charge < -0.3 is 0 Å². The summed E-state index contributed by atoms with van der Waals surface area (Å²) in [6.07, 6.45) is 0. The van der Waals surface area contributed by atoms with Crippen LogP contribution in [0, 0.1) is 11.3 Å². The molecule has 0 bridgehead atoms. The van der Waals surface area contributed by atoms with Gasteiger partial charge in [-0.3, -0.25) is 4.79 Å². The van der Waals surface area contributed by atoms with E-state index in [9.17, 15) is 4.79 Å². The molecule has 0 radical (unpaired) electrons. The van der Waals surface area contributed by atoms with Gasteiger partial charge in [0.15, 0.2) is 5.78 Å². The quantitative estimate of drug-likeness (QED) is 0.737. The van der Waals surface area contributed by atoms with Crippen molar-refractivity contribution < 1.29 is 4.79 Å². The molecule has 0 atom stereocenters. The number of carbonyl (C=O) groups is 1. The van der Waals surface area contributed by atoms with Gasteiger partial charge >= 0.3 is 0 Å². The van der Waals surface area contributed by atoms with Gasteiger partial charge in [-0.25, -0.2) is 0 Å². The molecule has 0 fully saturated rings. The minimum Gasteiger partial charge on any atom is -0.294 e. The van der Waals surface area contributed by atoms with Crippen LogP contribution in [-0.2, 0) is 0 Å². The Kier molecular flexibility index (Phi) is 2.84. The number of ketones is 1. The molecule has 0 spiro atoms. The van der Waals surface area contributed by atoms with E-state index in [1.807, 2.05) is 30.3 Å². The van der Waals surface area contributed by atoms with Crippen LogP contribution in [0.5, 0.6) is 0 Å². The zero-order valence-corrected chi connectivity index (χ0v) is 9.54. The first kappa shape index (κ1) is 10.6. The lowest BCUT2D eigenvalue weighted by Crippen LogP contribution is -1.83. The average Bonchev–Trinajstić information content (AvgIpc) is 2.78. The summed E-state index contributed by atoms with van der Waals surface area (Å²) in [4.78, 5) is 12.9. The fraction of sp³-hybridized carbons (Fsp3) is 0.0769. The number of Topliss-reactive ketones (excluding diaryl/α,β-unsaturated/α-hetero) is 1. The van der Waals surface area contributed by atoms with Gasteiger partial charge in [0.25, 0.3) is 0 Å². The average molecular weight is 227 g/mol. The minimum absolute atomic E-state index is 0.0766. The van der Waals surface area contributed by atoms with Crippen molar-refractivity contribution in [1.82, 2.24) is 0 Å². The third kappa shape index (κ3) is 2.02. The van der Waals surface area contributed by atoms with Crippen LogP contribution >= 0.6 is 11.3 Å². The molecule has 1 aromatic carbocycles. The van der Waals surface area contributed by atoms with E-state index in [-0.39, 0.29) is 5.78 Å². The monoisotopic (exact) mass is 227 g/mol. The largest absolute Gasteiger partial charge is 0.294 e. The van der Waals surface area contributed by atoms with Crippen molar-refractivity contribution in [3.63, 3.8) is 0 Å². The highest BCUT2D eigenvalue weighted by Crippen LogP contribution is 2.28. The van der Waals surface area contributed by atoms with E-state index < -0.39 is 0 Å². The summed E-state index contributed by atoms with van der Waals surface area (Å²) < 4.78 is 0. The van der Waals surface area contributed by atoms with E-state index in [4.69, 9.17) is 5.26 Å². The third-order valence-electron chi connectivity index (χ3n) is 2.23. The van der Waals surface area contributed by atoms with Gasteiger partial charge in [0, 0.05) is 4.88 Å². The molecule has 0 saturated heterocycles. The van der Waals surface area contributed by atoms with E-state index in [0.717, 1.165) is 15.3 Å². The molecule has 2 nitrogen and oxygen atoms in total. The fourth-order valence-corrected chi connectivity index (χ4v) is 2.32. The maximum atomic E-state index is 11.2. The Hall–Kier alpha value is -1.92. The molecule has 2 rings (SSSR count). The number of hydrogen-bond acceptors (Lipinski definition) is 3. The standard InChI is InChI=1S/C13H9NOS/c1-9(15)12-5-6-13(16-12)11-4-2-3-10(7-11)8-14/h2-7H,1H3. The van der Waals surface area contributed by atoms with Gasteiger partial charge in [-0.05, 0) is 36.8 Å². The van der Waals surface area contributed by atoms with Gasteiger partial charge in [0.2, 0.25) is 0 Å². The summed E-state index contributed by atoms with van der Waals surface area (Å²) in [6.45, 7) is 1.56. The summed E-state index contributed by atoms with van der Waals surface area (Å²) in [5.74, 6) is 0.0766. The molecule has 1 heterocycles. The Bertz CT molecular complexity index is 578. The molecular weight excluding hydrogens is 218 g/mol. The number of nitrogens with zero attached hydrogens (tertiary/aromatic N) is 1. The predicted molar refractivity (Wildman–Crippen MR) is 64.5 cm³/mol. The molecule has 78 valence electrons. The number of rotatable bonds is 2. The first-order valence-electron chi connectivity index (χ1n) is 4.82. The Morgan fingerprint density at radius 1 is 1.31 bits per heavy atom. The molecule has 0 amide bonds. The SMILES string of the molecule is CC(=O)c1ccc(-c2cccc(C#N)c2)s1. The van der Waals surface area contributed by atoms with Crippen LogP contribution in [-0.4, -0.2) is 5.78 Å². The maximum absolute atomic E-state index is 11.2. The van der Waals surface area contributed by atoms with Crippen molar-refractivity contribution in [1.29, 1.82) is 5.26 Å². The molecule has 1 aromatic heterocycles. The first-order chi connectivity index (χ1) is 7.70. The normalized spacial score (nSPS) is 9.75. The van der Waals surface area contributed by atoms with Crippen molar-refractivity contribution in [3.05, 3.63) is 46.8 Å². The second-order valence-electron chi connectivity index (χ2n) is 3.41. The van der Waals surface area contributed by atoms with Crippen LogP contribution in [0.15, 0.2) is 36.4 Å². The Morgan fingerprint density at radius 3 is 2.75 bits per heavy atom. The van der Waals surface area contributed by atoms with Gasteiger partial charge in [-0.15, -0.1) is 11.3 Å². The van der Waals surface area contributed by atoms with E-state index >= 15 is 0 Å². The summed E-state index contributed by atoms with van der Waals surface area (Å²) in [7, 11) is 0. The maximum Gasteiger partial charge on any atom is 0.169 e. The molecule has 0 N–H and O–H groups in total.